The molecule has 2 aromatic rings. The van der Waals surface area contributed by atoms with E-state index in [-0.39, 0.29) is 0 Å². The molecule has 0 bridgehead atoms. The highest BCUT2D eigenvalue weighted by Crippen LogP contribution is 2.15. The van der Waals surface area contributed by atoms with Crippen LogP contribution in [-0.2, 0) is 19.6 Å². The summed E-state index contributed by atoms with van der Waals surface area (Å²) in [6, 6.07) is 14.2. The van der Waals surface area contributed by atoms with Gasteiger partial charge in [0.05, 0.1) is 11.1 Å². The van der Waals surface area contributed by atoms with E-state index in [1.165, 1.54) is 0 Å². The Morgan fingerprint density at radius 3 is 1.40 bits per heavy atom. The standard InChI is InChI=1S/C32H42O6Si2/c1-8-13-14-15-16-17-30(35-37-31(33)26-18-22-28(23-19-26)39(6,9-2)10-3)36-38-32(34)27-20-24-29(25-21-27)40(7,11-4)12-5/h9-12,18-25,30H,2-5,8,13-17H2,1,6-7H3. The summed E-state index contributed by atoms with van der Waals surface area (Å²) in [4.78, 5) is 46.0. The maximum Gasteiger partial charge on any atom is 0.373 e. The van der Waals surface area contributed by atoms with Crippen molar-refractivity contribution >= 4 is 38.5 Å². The van der Waals surface area contributed by atoms with Crippen LogP contribution >= 0.6 is 0 Å². The Balaban J connectivity index is 2.02. The fourth-order valence-corrected chi connectivity index (χ4v) is 6.93. The number of hydrogen-bond donors (Lipinski definition) is 0. The molecule has 40 heavy (non-hydrogen) atoms. The average molecular weight is 579 g/mol. The highest BCUT2D eigenvalue weighted by molar-refractivity contribution is 6.99. The van der Waals surface area contributed by atoms with Crippen LogP contribution in [0.25, 0.3) is 0 Å². The van der Waals surface area contributed by atoms with E-state index in [1.54, 1.807) is 24.3 Å². The number of carbonyl (C=O) groups is 2. The monoisotopic (exact) mass is 578 g/mol. The number of unbranched alkanes of at least 4 members (excludes halogenated alkanes) is 4. The van der Waals surface area contributed by atoms with Gasteiger partial charge in [-0.05, 0) is 30.7 Å². The first-order valence-corrected chi connectivity index (χ1v) is 19.0. The normalized spacial score (nSPS) is 11.5. The number of benzene rings is 2. The molecule has 0 saturated carbocycles. The van der Waals surface area contributed by atoms with Crippen LogP contribution in [0.1, 0.15) is 66.2 Å². The summed E-state index contributed by atoms with van der Waals surface area (Å²) in [5.41, 5.74) is 8.35. The Labute approximate surface area is 240 Å². The van der Waals surface area contributed by atoms with Crippen LogP contribution in [0, 0.1) is 0 Å². The maximum absolute atomic E-state index is 12.6. The van der Waals surface area contributed by atoms with E-state index in [1.807, 2.05) is 47.1 Å². The van der Waals surface area contributed by atoms with E-state index >= 15 is 0 Å². The van der Waals surface area contributed by atoms with Gasteiger partial charge in [0.25, 0.3) is 0 Å². The van der Waals surface area contributed by atoms with Gasteiger partial charge in [0, 0.05) is 6.42 Å². The SMILES string of the molecule is C=C[Si](C)(C=C)c1ccc(C(=O)OOC(CCCCCCC)OOC(=O)c2ccc([Si](C)(C=C)C=C)cc2)cc1. The van der Waals surface area contributed by atoms with Crippen molar-refractivity contribution in [2.75, 3.05) is 0 Å². The van der Waals surface area contributed by atoms with Crippen LogP contribution in [-0.4, -0.2) is 34.4 Å². The van der Waals surface area contributed by atoms with E-state index in [0.29, 0.717) is 17.5 Å². The molecule has 0 amide bonds. The molecule has 0 aliphatic heterocycles. The summed E-state index contributed by atoms with van der Waals surface area (Å²) >= 11 is 0. The molecular formula is C32H42O6Si2. The summed E-state index contributed by atoms with van der Waals surface area (Å²) < 4.78 is 0. The van der Waals surface area contributed by atoms with Crippen molar-refractivity contribution in [3.05, 3.63) is 109 Å². The molecule has 0 heterocycles. The van der Waals surface area contributed by atoms with E-state index in [2.05, 4.69) is 46.3 Å². The first-order valence-electron chi connectivity index (χ1n) is 13.7. The van der Waals surface area contributed by atoms with Gasteiger partial charge in [-0.15, -0.1) is 36.1 Å². The molecule has 2 aromatic carbocycles. The van der Waals surface area contributed by atoms with Gasteiger partial charge in [0.2, 0.25) is 6.29 Å². The summed E-state index contributed by atoms with van der Waals surface area (Å²) in [6.07, 6.45) is 4.33. The predicted octanol–water partition coefficient (Wildman–Crippen LogP) is 6.72. The Kier molecular flexibility index (Phi) is 13.2. The molecule has 0 saturated heterocycles. The van der Waals surface area contributed by atoms with Gasteiger partial charge in [0.15, 0.2) is 0 Å². The molecule has 8 heteroatoms. The zero-order valence-corrected chi connectivity index (χ0v) is 26.0. The Bertz CT molecular complexity index is 1060. The molecule has 6 nitrogen and oxygen atoms in total. The van der Waals surface area contributed by atoms with Crippen molar-refractivity contribution in [2.24, 2.45) is 0 Å². The highest BCUT2D eigenvalue weighted by Gasteiger charge is 2.24. The first kappa shape index (κ1) is 32.9. The third kappa shape index (κ3) is 9.13. The smallest absolute Gasteiger partial charge is 0.290 e. The van der Waals surface area contributed by atoms with E-state index < -0.39 is 34.4 Å². The van der Waals surface area contributed by atoms with Gasteiger partial charge in [-0.1, -0.05) is 103 Å². The van der Waals surface area contributed by atoms with Crippen LogP contribution in [0.15, 0.2) is 97.6 Å². The quantitative estimate of drug-likeness (QED) is 0.0643. The van der Waals surface area contributed by atoms with Crippen molar-refractivity contribution in [3.63, 3.8) is 0 Å². The largest absolute Gasteiger partial charge is 0.373 e. The minimum atomic E-state index is -1.99. The van der Waals surface area contributed by atoms with Gasteiger partial charge in [-0.25, -0.2) is 9.59 Å². The van der Waals surface area contributed by atoms with Gasteiger partial charge in [0.1, 0.15) is 16.1 Å². The van der Waals surface area contributed by atoms with E-state index in [4.69, 9.17) is 19.6 Å². The van der Waals surface area contributed by atoms with Gasteiger partial charge >= 0.3 is 11.9 Å². The van der Waals surface area contributed by atoms with Gasteiger partial charge < -0.3 is 0 Å². The molecule has 0 unspecified atom stereocenters. The molecule has 0 atom stereocenters. The highest BCUT2D eigenvalue weighted by atomic mass is 28.3. The molecule has 0 radical (unpaired) electrons. The zero-order chi connectivity index (χ0) is 29.6. The number of rotatable bonds is 18. The lowest BCUT2D eigenvalue weighted by Crippen LogP contribution is -2.40. The van der Waals surface area contributed by atoms with Gasteiger partial charge in [-0.3, -0.25) is 9.78 Å². The first-order chi connectivity index (χ1) is 19.2. The van der Waals surface area contributed by atoms with Crippen molar-refractivity contribution in [3.8, 4) is 0 Å². The zero-order valence-electron chi connectivity index (χ0n) is 24.0. The molecule has 0 aliphatic rings. The average Bonchev–Trinajstić information content (AvgIpc) is 3.00. The summed E-state index contributed by atoms with van der Waals surface area (Å²) in [6.45, 7) is 22.0. The van der Waals surface area contributed by atoms with E-state index in [0.717, 1.165) is 42.5 Å². The molecule has 0 spiro atoms. The summed E-state index contributed by atoms with van der Waals surface area (Å²) in [5.74, 6) is -1.35. The lowest BCUT2D eigenvalue weighted by atomic mass is 10.1. The second-order valence-corrected chi connectivity index (χ2v) is 18.0. The van der Waals surface area contributed by atoms with Crippen molar-refractivity contribution in [2.45, 2.75) is 64.8 Å². The van der Waals surface area contributed by atoms with Crippen LogP contribution in [0.3, 0.4) is 0 Å². The topological polar surface area (TPSA) is 71.1 Å². The number of hydrogen-bond acceptors (Lipinski definition) is 6. The lowest BCUT2D eigenvalue weighted by molar-refractivity contribution is -0.421. The summed E-state index contributed by atoms with van der Waals surface area (Å²) in [7, 11) is -3.98. The second kappa shape index (κ2) is 16.1. The number of carbonyl (C=O) groups excluding carboxylic acids is 2. The van der Waals surface area contributed by atoms with Crippen LogP contribution in [0.4, 0.5) is 0 Å². The lowest BCUT2D eigenvalue weighted by Gasteiger charge is -2.19. The minimum absolute atomic E-state index is 0.321. The Morgan fingerprint density at radius 2 is 1.05 bits per heavy atom. The maximum atomic E-state index is 12.6. The van der Waals surface area contributed by atoms with Crippen LogP contribution in [0.5, 0.6) is 0 Å². The van der Waals surface area contributed by atoms with Gasteiger partial charge in [-0.2, -0.15) is 0 Å². The van der Waals surface area contributed by atoms with Crippen molar-refractivity contribution in [1.29, 1.82) is 0 Å². The molecule has 0 fully saturated rings. The minimum Gasteiger partial charge on any atom is -0.290 e. The molecule has 214 valence electrons. The Hall–Kier alpha value is -3.31. The molecular weight excluding hydrogens is 537 g/mol. The van der Waals surface area contributed by atoms with E-state index in [9.17, 15) is 9.59 Å². The summed E-state index contributed by atoms with van der Waals surface area (Å²) in [5, 5.41) is 2.15. The third-order valence-electron chi connectivity index (χ3n) is 7.19. The molecule has 0 aromatic heterocycles. The fourth-order valence-electron chi connectivity index (χ4n) is 3.89. The third-order valence-corrected chi connectivity index (χ3v) is 13.7. The van der Waals surface area contributed by atoms with Crippen LogP contribution < -0.4 is 10.4 Å². The second-order valence-electron chi connectivity index (χ2n) is 10.1. The molecule has 0 aliphatic carbocycles. The van der Waals surface area contributed by atoms with Crippen molar-refractivity contribution < 1.29 is 29.1 Å². The molecule has 0 N–H and O–H groups in total. The molecule has 2 rings (SSSR count). The Morgan fingerprint density at radius 1 is 0.675 bits per heavy atom. The van der Waals surface area contributed by atoms with Crippen molar-refractivity contribution in [1.82, 2.24) is 0 Å². The predicted molar refractivity (Wildman–Crippen MR) is 166 cm³/mol. The fraction of sp³-hybridized carbons (Fsp3) is 0.312. The van der Waals surface area contributed by atoms with Crippen LogP contribution in [0.2, 0.25) is 13.1 Å².